The molecule has 2 aromatic carbocycles. The van der Waals surface area contributed by atoms with Gasteiger partial charge in [-0.25, -0.2) is 9.07 Å². The quantitative estimate of drug-likeness (QED) is 0.480. The molecule has 4 aromatic rings. The predicted molar refractivity (Wildman–Crippen MR) is 118 cm³/mol. The molecular formula is C25H23FN4O. The van der Waals surface area contributed by atoms with Crippen molar-refractivity contribution in [2.75, 3.05) is 26.3 Å². The van der Waals surface area contributed by atoms with Crippen LogP contribution in [-0.2, 0) is 11.3 Å². The van der Waals surface area contributed by atoms with E-state index in [0.29, 0.717) is 25.3 Å². The highest BCUT2D eigenvalue weighted by Gasteiger charge is 2.20. The first kappa shape index (κ1) is 19.6. The molecular weight excluding hydrogens is 391 g/mol. The molecule has 0 unspecified atom stereocenters. The van der Waals surface area contributed by atoms with Crippen LogP contribution in [0.4, 0.5) is 4.39 Å². The fraction of sp³-hybridized carbons (Fsp3) is 0.200. The molecule has 0 N–H and O–H groups in total. The second-order valence-electron chi connectivity index (χ2n) is 7.57. The van der Waals surface area contributed by atoms with Crippen LogP contribution in [0.2, 0.25) is 0 Å². The summed E-state index contributed by atoms with van der Waals surface area (Å²) in [4.78, 5) is 6.94. The highest BCUT2D eigenvalue weighted by molar-refractivity contribution is 5.67. The fourth-order valence-corrected chi connectivity index (χ4v) is 3.93. The summed E-state index contributed by atoms with van der Waals surface area (Å²) in [6, 6.07) is 20.8. The predicted octanol–water partition coefficient (Wildman–Crippen LogP) is 4.57. The minimum atomic E-state index is -0.263. The molecule has 0 atom stereocenters. The molecule has 0 amide bonds. The summed E-state index contributed by atoms with van der Waals surface area (Å²) in [6.07, 6.45) is 3.63. The maximum atomic E-state index is 14.8. The zero-order chi connectivity index (χ0) is 21.0. The molecule has 0 spiro atoms. The largest absolute Gasteiger partial charge is 0.379 e. The van der Waals surface area contributed by atoms with E-state index in [4.69, 9.17) is 4.74 Å². The van der Waals surface area contributed by atoms with Crippen molar-refractivity contribution in [3.05, 3.63) is 90.5 Å². The first-order chi connectivity index (χ1) is 15.3. The van der Waals surface area contributed by atoms with Crippen molar-refractivity contribution in [2.24, 2.45) is 0 Å². The Labute approximate surface area is 180 Å². The van der Waals surface area contributed by atoms with Crippen LogP contribution < -0.4 is 0 Å². The Bertz CT molecular complexity index is 1150. The van der Waals surface area contributed by atoms with E-state index in [1.807, 2.05) is 54.7 Å². The number of hydrogen-bond acceptors (Lipinski definition) is 4. The third-order valence-corrected chi connectivity index (χ3v) is 5.53. The molecule has 0 aliphatic carbocycles. The van der Waals surface area contributed by atoms with Crippen LogP contribution in [0, 0.1) is 5.82 Å². The normalized spacial score (nSPS) is 14.6. The summed E-state index contributed by atoms with van der Waals surface area (Å²) in [6.45, 7) is 3.84. The van der Waals surface area contributed by atoms with Gasteiger partial charge in [-0.05, 0) is 24.3 Å². The molecule has 5 rings (SSSR count). The Morgan fingerprint density at radius 3 is 2.39 bits per heavy atom. The van der Waals surface area contributed by atoms with E-state index in [-0.39, 0.29) is 5.82 Å². The van der Waals surface area contributed by atoms with E-state index in [1.165, 1.54) is 6.07 Å². The van der Waals surface area contributed by atoms with Crippen LogP contribution in [0.25, 0.3) is 28.2 Å². The Kier molecular flexibility index (Phi) is 5.56. The average molecular weight is 414 g/mol. The molecule has 5 nitrogen and oxygen atoms in total. The van der Waals surface area contributed by atoms with Gasteiger partial charge in [0.25, 0.3) is 0 Å². The SMILES string of the molecule is Fc1ccccc1-c1c(CN2CCOCC2)cnn1-c1ccc(-c2ccccc2)nc1. The molecule has 0 bridgehead atoms. The van der Waals surface area contributed by atoms with E-state index < -0.39 is 0 Å². The molecule has 1 aliphatic heterocycles. The Hall–Kier alpha value is -3.35. The lowest BCUT2D eigenvalue weighted by Crippen LogP contribution is -2.35. The van der Waals surface area contributed by atoms with Gasteiger partial charge in [0.15, 0.2) is 0 Å². The van der Waals surface area contributed by atoms with Gasteiger partial charge >= 0.3 is 0 Å². The van der Waals surface area contributed by atoms with Crippen LogP contribution in [-0.4, -0.2) is 46.0 Å². The van der Waals surface area contributed by atoms with Gasteiger partial charge in [0.1, 0.15) is 5.82 Å². The van der Waals surface area contributed by atoms with E-state index in [0.717, 1.165) is 41.3 Å². The van der Waals surface area contributed by atoms with Crippen LogP contribution >= 0.6 is 0 Å². The highest BCUT2D eigenvalue weighted by Crippen LogP contribution is 2.30. The molecule has 1 aliphatic rings. The number of halogens is 1. The highest BCUT2D eigenvalue weighted by atomic mass is 19.1. The summed E-state index contributed by atoms with van der Waals surface area (Å²) < 4.78 is 22.1. The van der Waals surface area contributed by atoms with Crippen molar-refractivity contribution in [3.8, 4) is 28.2 Å². The molecule has 0 radical (unpaired) electrons. The maximum Gasteiger partial charge on any atom is 0.132 e. The Morgan fingerprint density at radius 2 is 1.65 bits per heavy atom. The third kappa shape index (κ3) is 4.13. The van der Waals surface area contributed by atoms with Crippen molar-refractivity contribution in [1.82, 2.24) is 19.7 Å². The van der Waals surface area contributed by atoms with Crippen molar-refractivity contribution in [1.29, 1.82) is 0 Å². The van der Waals surface area contributed by atoms with Gasteiger partial charge in [-0.3, -0.25) is 9.88 Å². The Morgan fingerprint density at radius 1 is 0.871 bits per heavy atom. The third-order valence-electron chi connectivity index (χ3n) is 5.53. The first-order valence-corrected chi connectivity index (χ1v) is 10.4. The summed E-state index contributed by atoms with van der Waals surface area (Å²) in [7, 11) is 0. The van der Waals surface area contributed by atoms with Crippen molar-refractivity contribution >= 4 is 0 Å². The van der Waals surface area contributed by atoms with Gasteiger partial charge in [-0.1, -0.05) is 42.5 Å². The summed E-state index contributed by atoms with van der Waals surface area (Å²) in [5.41, 5.74) is 5.02. The van der Waals surface area contributed by atoms with Crippen LogP contribution in [0.5, 0.6) is 0 Å². The number of nitrogens with zero attached hydrogens (tertiary/aromatic N) is 4. The Balaban J connectivity index is 1.54. The van der Waals surface area contributed by atoms with Crippen LogP contribution in [0.15, 0.2) is 79.1 Å². The number of aromatic nitrogens is 3. The average Bonchev–Trinajstić information content (AvgIpc) is 3.24. The molecule has 0 saturated carbocycles. The minimum Gasteiger partial charge on any atom is -0.379 e. The van der Waals surface area contributed by atoms with Gasteiger partial charge in [-0.2, -0.15) is 5.10 Å². The van der Waals surface area contributed by atoms with Gasteiger partial charge in [0, 0.05) is 36.3 Å². The van der Waals surface area contributed by atoms with E-state index in [2.05, 4.69) is 15.0 Å². The molecule has 6 heteroatoms. The zero-order valence-corrected chi connectivity index (χ0v) is 17.1. The zero-order valence-electron chi connectivity index (χ0n) is 17.1. The second kappa shape index (κ2) is 8.79. The molecule has 156 valence electrons. The summed E-state index contributed by atoms with van der Waals surface area (Å²) in [5.74, 6) is -0.263. The monoisotopic (exact) mass is 414 g/mol. The number of ether oxygens (including phenoxy) is 1. The first-order valence-electron chi connectivity index (χ1n) is 10.4. The van der Waals surface area contributed by atoms with Crippen molar-refractivity contribution in [2.45, 2.75) is 6.54 Å². The molecule has 1 fully saturated rings. The van der Waals surface area contributed by atoms with Gasteiger partial charge in [0.2, 0.25) is 0 Å². The van der Waals surface area contributed by atoms with Crippen LogP contribution in [0.1, 0.15) is 5.56 Å². The lowest BCUT2D eigenvalue weighted by molar-refractivity contribution is 0.0342. The minimum absolute atomic E-state index is 0.263. The van der Waals surface area contributed by atoms with Crippen LogP contribution in [0.3, 0.4) is 0 Å². The number of hydrogen-bond donors (Lipinski definition) is 0. The standard InChI is InChI=1S/C25H23FN4O/c26-23-9-5-4-8-22(23)25-20(18-29-12-14-31-15-13-29)16-28-30(25)21-10-11-24(27-17-21)19-6-2-1-3-7-19/h1-11,16-17H,12-15,18H2. The maximum absolute atomic E-state index is 14.8. The summed E-state index contributed by atoms with van der Waals surface area (Å²) in [5, 5.41) is 4.62. The lowest BCUT2D eigenvalue weighted by atomic mass is 10.1. The molecule has 1 saturated heterocycles. The van der Waals surface area contributed by atoms with Crippen molar-refractivity contribution < 1.29 is 9.13 Å². The number of rotatable bonds is 5. The summed E-state index contributed by atoms with van der Waals surface area (Å²) >= 11 is 0. The number of benzene rings is 2. The van der Waals surface area contributed by atoms with Gasteiger partial charge in [-0.15, -0.1) is 0 Å². The molecule has 31 heavy (non-hydrogen) atoms. The molecule has 3 heterocycles. The van der Waals surface area contributed by atoms with Crippen molar-refractivity contribution in [3.63, 3.8) is 0 Å². The molecule has 2 aromatic heterocycles. The second-order valence-corrected chi connectivity index (χ2v) is 7.57. The van der Waals surface area contributed by atoms with E-state index >= 15 is 0 Å². The van der Waals surface area contributed by atoms with Gasteiger partial charge < -0.3 is 4.74 Å². The van der Waals surface area contributed by atoms with E-state index in [1.54, 1.807) is 23.0 Å². The number of morpholine rings is 1. The van der Waals surface area contributed by atoms with E-state index in [9.17, 15) is 4.39 Å². The smallest absolute Gasteiger partial charge is 0.132 e. The lowest BCUT2D eigenvalue weighted by Gasteiger charge is -2.26. The fourth-order valence-electron chi connectivity index (χ4n) is 3.93. The number of pyridine rings is 1. The topological polar surface area (TPSA) is 43.2 Å². The van der Waals surface area contributed by atoms with Gasteiger partial charge in [0.05, 0.1) is 42.7 Å².